The number of carboxylic acids is 1. The number of aryl methyl sites for hydroxylation is 2. The number of carbonyl (C=O) groups excluding carboxylic acids is 1. The van der Waals surface area contributed by atoms with E-state index in [1.807, 2.05) is 43.7 Å². The summed E-state index contributed by atoms with van der Waals surface area (Å²) >= 11 is 0. The Morgan fingerprint density at radius 3 is 2.56 bits per heavy atom. The maximum Gasteiger partial charge on any atom is 0.354 e. The Morgan fingerprint density at radius 1 is 1.11 bits per heavy atom. The minimum absolute atomic E-state index is 0.0335. The number of nitrogens with zero attached hydrogens (tertiary/aromatic N) is 4. The molecule has 0 unspecified atom stereocenters. The van der Waals surface area contributed by atoms with Gasteiger partial charge in [0.05, 0.1) is 23.6 Å². The molecular weight excluding hydrogens is 346 g/mol. The number of benzene rings is 1. The lowest BCUT2D eigenvalue weighted by Gasteiger charge is -2.09. The Hall–Kier alpha value is -3.42. The lowest BCUT2D eigenvalue weighted by molar-refractivity contribution is -0.116. The van der Waals surface area contributed by atoms with E-state index in [0.717, 1.165) is 15.9 Å². The fraction of sp³-hybridized carbons (Fsp3) is 0.263. The van der Waals surface area contributed by atoms with E-state index >= 15 is 0 Å². The summed E-state index contributed by atoms with van der Waals surface area (Å²) in [6.07, 6.45) is 1.35. The molecule has 0 bridgehead atoms. The van der Waals surface area contributed by atoms with E-state index in [2.05, 4.69) is 21.6 Å². The molecule has 0 atom stereocenters. The van der Waals surface area contributed by atoms with E-state index in [4.69, 9.17) is 5.11 Å². The summed E-state index contributed by atoms with van der Waals surface area (Å²) in [5, 5.41) is 20.3. The van der Waals surface area contributed by atoms with Crippen molar-refractivity contribution in [1.29, 1.82) is 0 Å². The second-order valence-electron chi connectivity index (χ2n) is 6.36. The molecule has 2 aromatic heterocycles. The molecule has 0 saturated heterocycles. The minimum atomic E-state index is -1.13. The van der Waals surface area contributed by atoms with Gasteiger partial charge in [-0.2, -0.15) is 10.2 Å². The molecule has 0 fully saturated rings. The Kier molecular flexibility index (Phi) is 5.07. The molecule has 0 aliphatic heterocycles. The van der Waals surface area contributed by atoms with Crippen LogP contribution in [-0.4, -0.2) is 36.5 Å². The van der Waals surface area contributed by atoms with Crippen molar-refractivity contribution in [3.05, 3.63) is 64.7 Å². The van der Waals surface area contributed by atoms with Crippen LogP contribution in [0.15, 0.2) is 36.5 Å². The number of amides is 1. The monoisotopic (exact) mass is 367 g/mol. The summed E-state index contributed by atoms with van der Waals surface area (Å²) in [4.78, 5) is 23.5. The molecule has 0 aliphatic carbocycles. The van der Waals surface area contributed by atoms with Gasteiger partial charge >= 0.3 is 5.97 Å². The van der Waals surface area contributed by atoms with Crippen LogP contribution in [0.1, 0.15) is 33.0 Å². The third kappa shape index (κ3) is 3.89. The number of aromatic carboxylic acids is 1. The first-order valence-electron chi connectivity index (χ1n) is 8.50. The number of anilines is 1. The van der Waals surface area contributed by atoms with Gasteiger partial charge in [-0.3, -0.25) is 9.48 Å². The highest BCUT2D eigenvalue weighted by Crippen LogP contribution is 2.21. The maximum atomic E-state index is 12.4. The highest BCUT2D eigenvalue weighted by Gasteiger charge is 2.17. The van der Waals surface area contributed by atoms with Gasteiger partial charge in [-0.1, -0.05) is 24.3 Å². The summed E-state index contributed by atoms with van der Waals surface area (Å²) in [6.45, 7) is 6.19. The van der Waals surface area contributed by atoms with Gasteiger partial charge in [0.15, 0.2) is 0 Å². The molecule has 140 valence electrons. The van der Waals surface area contributed by atoms with Gasteiger partial charge in [-0.15, -0.1) is 0 Å². The van der Waals surface area contributed by atoms with E-state index in [0.29, 0.717) is 17.9 Å². The largest absolute Gasteiger partial charge is 0.477 e. The highest BCUT2D eigenvalue weighted by atomic mass is 16.4. The molecule has 1 aromatic carbocycles. The standard InChI is InChI=1S/C19H21N5O3/c1-12-6-4-5-7-15(12)10-23-14(3)18(13(2)22-23)21-17(25)11-24-16(19(26)27)8-9-20-24/h4-9H,10-11H2,1-3H3,(H,21,25)(H,26,27). The summed E-state index contributed by atoms with van der Waals surface area (Å²) in [5.41, 5.74) is 4.47. The van der Waals surface area contributed by atoms with Crippen molar-refractivity contribution >= 4 is 17.6 Å². The topological polar surface area (TPSA) is 102 Å². The van der Waals surface area contributed by atoms with Crippen LogP contribution in [-0.2, 0) is 17.9 Å². The summed E-state index contributed by atoms with van der Waals surface area (Å²) in [6, 6.07) is 9.43. The smallest absolute Gasteiger partial charge is 0.354 e. The lowest BCUT2D eigenvalue weighted by Crippen LogP contribution is -2.22. The van der Waals surface area contributed by atoms with Crippen LogP contribution in [0.5, 0.6) is 0 Å². The van der Waals surface area contributed by atoms with Crippen LogP contribution in [0.25, 0.3) is 0 Å². The Bertz CT molecular complexity index is 1000. The number of carbonyl (C=O) groups is 2. The molecule has 0 spiro atoms. The fourth-order valence-electron chi connectivity index (χ4n) is 2.94. The van der Waals surface area contributed by atoms with Crippen molar-refractivity contribution in [2.45, 2.75) is 33.9 Å². The first-order valence-corrected chi connectivity index (χ1v) is 8.50. The second-order valence-corrected chi connectivity index (χ2v) is 6.36. The van der Waals surface area contributed by atoms with Gasteiger partial charge in [-0.05, 0) is 38.0 Å². The molecule has 3 rings (SSSR count). The zero-order valence-electron chi connectivity index (χ0n) is 15.4. The summed E-state index contributed by atoms with van der Waals surface area (Å²) in [7, 11) is 0. The van der Waals surface area contributed by atoms with E-state index < -0.39 is 5.97 Å². The highest BCUT2D eigenvalue weighted by molar-refractivity contribution is 5.92. The quantitative estimate of drug-likeness (QED) is 0.696. The SMILES string of the molecule is Cc1ccccc1Cn1nc(C)c(NC(=O)Cn2nccc2C(=O)O)c1C. The zero-order chi connectivity index (χ0) is 19.6. The van der Waals surface area contributed by atoms with Crippen LogP contribution in [0.3, 0.4) is 0 Å². The number of aromatic nitrogens is 4. The van der Waals surface area contributed by atoms with Crippen LogP contribution in [0.4, 0.5) is 5.69 Å². The molecule has 2 heterocycles. The average Bonchev–Trinajstić information content (AvgIpc) is 3.17. The fourth-order valence-corrected chi connectivity index (χ4v) is 2.94. The minimum Gasteiger partial charge on any atom is -0.477 e. The molecule has 0 aliphatic rings. The first kappa shape index (κ1) is 18.4. The number of hydrogen-bond donors (Lipinski definition) is 2. The second kappa shape index (κ2) is 7.45. The first-order chi connectivity index (χ1) is 12.9. The molecule has 0 saturated carbocycles. The maximum absolute atomic E-state index is 12.4. The Balaban J connectivity index is 1.76. The van der Waals surface area contributed by atoms with Gasteiger partial charge in [0.25, 0.3) is 0 Å². The van der Waals surface area contributed by atoms with Crippen molar-refractivity contribution in [3.63, 3.8) is 0 Å². The number of hydrogen-bond acceptors (Lipinski definition) is 4. The third-order valence-electron chi connectivity index (χ3n) is 4.46. The van der Waals surface area contributed by atoms with Crippen molar-refractivity contribution in [2.75, 3.05) is 5.32 Å². The molecule has 8 nitrogen and oxygen atoms in total. The average molecular weight is 367 g/mol. The molecule has 8 heteroatoms. The molecule has 2 N–H and O–H groups in total. The molecule has 3 aromatic rings. The zero-order valence-corrected chi connectivity index (χ0v) is 15.4. The van der Waals surface area contributed by atoms with E-state index in [-0.39, 0.29) is 18.1 Å². The van der Waals surface area contributed by atoms with Gasteiger partial charge in [0.2, 0.25) is 5.91 Å². The van der Waals surface area contributed by atoms with Crippen LogP contribution in [0.2, 0.25) is 0 Å². The molecule has 27 heavy (non-hydrogen) atoms. The van der Waals surface area contributed by atoms with Gasteiger partial charge in [0.1, 0.15) is 12.2 Å². The van der Waals surface area contributed by atoms with Gasteiger partial charge in [0, 0.05) is 6.20 Å². The number of nitrogens with one attached hydrogen (secondary N) is 1. The van der Waals surface area contributed by atoms with Gasteiger partial charge < -0.3 is 10.4 Å². The van der Waals surface area contributed by atoms with E-state index in [1.54, 1.807) is 0 Å². The molecule has 0 radical (unpaired) electrons. The lowest BCUT2D eigenvalue weighted by atomic mass is 10.1. The predicted octanol–water partition coefficient (Wildman–Crippen LogP) is 2.39. The Morgan fingerprint density at radius 2 is 1.85 bits per heavy atom. The Labute approximate surface area is 156 Å². The van der Waals surface area contributed by atoms with Crippen LogP contribution >= 0.6 is 0 Å². The third-order valence-corrected chi connectivity index (χ3v) is 4.46. The van der Waals surface area contributed by atoms with Crippen molar-refractivity contribution in [3.8, 4) is 0 Å². The number of carboxylic acid groups (broad SMARTS) is 1. The molecule has 1 amide bonds. The number of rotatable bonds is 6. The van der Waals surface area contributed by atoms with E-state index in [1.165, 1.54) is 17.8 Å². The van der Waals surface area contributed by atoms with Crippen LogP contribution < -0.4 is 5.32 Å². The van der Waals surface area contributed by atoms with E-state index in [9.17, 15) is 9.59 Å². The summed E-state index contributed by atoms with van der Waals surface area (Å²) < 4.78 is 3.00. The van der Waals surface area contributed by atoms with Crippen molar-refractivity contribution in [1.82, 2.24) is 19.6 Å². The normalized spacial score (nSPS) is 10.8. The molecular formula is C19H21N5O3. The van der Waals surface area contributed by atoms with Crippen molar-refractivity contribution in [2.24, 2.45) is 0 Å². The summed E-state index contributed by atoms with van der Waals surface area (Å²) in [5.74, 6) is -1.48. The van der Waals surface area contributed by atoms with Gasteiger partial charge in [-0.25, -0.2) is 9.48 Å². The predicted molar refractivity (Wildman–Crippen MR) is 99.8 cm³/mol. The van der Waals surface area contributed by atoms with Crippen LogP contribution in [0, 0.1) is 20.8 Å². The van der Waals surface area contributed by atoms with Crippen molar-refractivity contribution < 1.29 is 14.7 Å².